The molecule has 0 spiro atoms. The molecule has 1 atom stereocenters. The second kappa shape index (κ2) is 7.21. The maximum atomic E-state index is 13.1. The van der Waals surface area contributed by atoms with Crippen LogP contribution in [0.5, 0.6) is 0 Å². The summed E-state index contributed by atoms with van der Waals surface area (Å²) in [5.74, 6) is 1.10. The van der Waals surface area contributed by atoms with Crippen LogP contribution in [-0.2, 0) is 10.5 Å². The highest BCUT2D eigenvalue weighted by molar-refractivity contribution is 8.13. The summed E-state index contributed by atoms with van der Waals surface area (Å²) in [6.07, 6.45) is 1.70. The third kappa shape index (κ3) is 3.04. The van der Waals surface area contributed by atoms with Crippen molar-refractivity contribution in [3.8, 4) is 0 Å². The van der Waals surface area contributed by atoms with E-state index in [-0.39, 0.29) is 17.4 Å². The van der Waals surface area contributed by atoms with Gasteiger partial charge in [-0.3, -0.25) is 19.0 Å². The lowest BCUT2D eigenvalue weighted by Crippen LogP contribution is -2.42. The Balaban J connectivity index is 1.50. The number of pyridine rings is 1. The van der Waals surface area contributed by atoms with Crippen molar-refractivity contribution in [2.24, 2.45) is 15.9 Å². The predicted molar refractivity (Wildman–Crippen MR) is 118 cm³/mol. The molecule has 150 valence electrons. The molecule has 2 aromatic heterocycles. The minimum Gasteiger partial charge on any atom is -0.271 e. The summed E-state index contributed by atoms with van der Waals surface area (Å²) in [5.41, 5.74) is 2.75. The molecule has 0 unspecified atom stereocenters. The van der Waals surface area contributed by atoms with E-state index >= 15 is 0 Å². The molecule has 7 nitrogen and oxygen atoms in total. The summed E-state index contributed by atoms with van der Waals surface area (Å²) in [5, 5.41) is 0.565. The van der Waals surface area contributed by atoms with Crippen molar-refractivity contribution in [1.29, 1.82) is 0 Å². The standard InChI is InChI=1S/C22H19N5O2S/c1-13(2)19-21(29)27-20(25-19)15-7-3-4-8-16(15)24-22(27)30-12-14-11-18(28)26-10-6-5-9-17(26)23-14/h3-11,13,19H,12H2,1-2H3/t19-/m1/s1. The smallest absolute Gasteiger partial charge is 0.259 e. The highest BCUT2D eigenvalue weighted by Crippen LogP contribution is 2.35. The molecule has 0 fully saturated rings. The summed E-state index contributed by atoms with van der Waals surface area (Å²) < 4.78 is 1.50. The number of thioether (sulfide) groups is 1. The average Bonchev–Trinajstić information content (AvgIpc) is 3.10. The molecule has 0 saturated heterocycles. The molecule has 2 aliphatic heterocycles. The lowest BCUT2D eigenvalue weighted by atomic mass is 10.1. The van der Waals surface area contributed by atoms with Gasteiger partial charge in [0.05, 0.1) is 11.4 Å². The number of carbonyl (C=O) groups is 1. The number of hydrogen-bond acceptors (Lipinski definition) is 6. The number of nitrogens with zero attached hydrogens (tertiary/aromatic N) is 5. The van der Waals surface area contributed by atoms with Crippen molar-refractivity contribution >= 4 is 40.0 Å². The number of amidine groups is 2. The molecule has 0 N–H and O–H groups in total. The second-order valence-corrected chi connectivity index (χ2v) is 8.47. The van der Waals surface area contributed by atoms with Crippen LogP contribution < -0.4 is 5.56 Å². The van der Waals surface area contributed by atoms with E-state index in [0.29, 0.717) is 28.1 Å². The zero-order valence-corrected chi connectivity index (χ0v) is 17.3. The van der Waals surface area contributed by atoms with Gasteiger partial charge < -0.3 is 0 Å². The second-order valence-electron chi connectivity index (χ2n) is 7.53. The van der Waals surface area contributed by atoms with E-state index in [1.165, 1.54) is 22.2 Å². The largest absolute Gasteiger partial charge is 0.271 e. The maximum absolute atomic E-state index is 13.1. The first-order valence-electron chi connectivity index (χ1n) is 9.73. The minimum atomic E-state index is -0.416. The van der Waals surface area contributed by atoms with E-state index in [9.17, 15) is 9.59 Å². The minimum absolute atomic E-state index is 0.0627. The van der Waals surface area contributed by atoms with Crippen molar-refractivity contribution in [2.75, 3.05) is 0 Å². The van der Waals surface area contributed by atoms with Crippen LogP contribution in [0.1, 0.15) is 25.1 Å². The summed E-state index contributed by atoms with van der Waals surface area (Å²) in [6, 6.07) is 14.2. The van der Waals surface area contributed by atoms with Crippen molar-refractivity contribution in [1.82, 2.24) is 14.3 Å². The van der Waals surface area contributed by atoms with Gasteiger partial charge in [-0.15, -0.1) is 0 Å². The fourth-order valence-electron chi connectivity index (χ4n) is 3.62. The Morgan fingerprint density at radius 3 is 2.73 bits per heavy atom. The van der Waals surface area contributed by atoms with Crippen LogP contribution in [0, 0.1) is 5.92 Å². The third-order valence-electron chi connectivity index (χ3n) is 5.10. The number of para-hydroxylation sites is 1. The molecule has 30 heavy (non-hydrogen) atoms. The van der Waals surface area contributed by atoms with Gasteiger partial charge in [-0.2, -0.15) is 0 Å². The van der Waals surface area contributed by atoms with Crippen molar-refractivity contribution < 1.29 is 4.79 Å². The van der Waals surface area contributed by atoms with Crippen molar-refractivity contribution in [3.05, 3.63) is 76.3 Å². The number of aromatic nitrogens is 2. The highest BCUT2D eigenvalue weighted by Gasteiger charge is 2.42. The summed E-state index contributed by atoms with van der Waals surface area (Å²) in [7, 11) is 0. The number of carbonyl (C=O) groups excluding carboxylic acids is 1. The van der Waals surface area contributed by atoms with Crippen LogP contribution in [0.3, 0.4) is 0 Å². The van der Waals surface area contributed by atoms with Gasteiger partial charge in [0.1, 0.15) is 17.5 Å². The number of amides is 1. The Labute approximate surface area is 177 Å². The topological polar surface area (TPSA) is 79.4 Å². The first-order valence-corrected chi connectivity index (χ1v) is 10.7. The van der Waals surface area contributed by atoms with E-state index in [1.54, 1.807) is 23.2 Å². The number of hydrogen-bond donors (Lipinski definition) is 0. The first kappa shape index (κ1) is 18.7. The van der Waals surface area contributed by atoms with Gasteiger partial charge in [0, 0.05) is 23.6 Å². The van der Waals surface area contributed by atoms with Gasteiger partial charge in [0.25, 0.3) is 11.5 Å². The van der Waals surface area contributed by atoms with Gasteiger partial charge in [-0.1, -0.05) is 43.8 Å². The fraction of sp³-hybridized carbons (Fsp3) is 0.227. The van der Waals surface area contributed by atoms with Crippen LogP contribution in [-0.4, -0.2) is 37.2 Å². The SMILES string of the molecule is CC(C)[C@H]1N=C2c3ccccc3N=C(SCc3cc(=O)n4ccccc4n3)N2C1=O. The van der Waals surface area contributed by atoms with E-state index in [2.05, 4.69) is 4.98 Å². The molecule has 0 saturated carbocycles. The number of fused-ring (bicyclic) bond motifs is 4. The number of aliphatic imine (C=N–C) groups is 2. The van der Waals surface area contributed by atoms with Crippen LogP contribution in [0.15, 0.2) is 69.5 Å². The normalized spacial score (nSPS) is 17.8. The van der Waals surface area contributed by atoms with Gasteiger partial charge in [0.15, 0.2) is 5.17 Å². The molecule has 0 bridgehead atoms. The summed E-state index contributed by atoms with van der Waals surface area (Å²) in [6.45, 7) is 3.99. The first-order chi connectivity index (χ1) is 14.5. The lowest BCUT2D eigenvalue weighted by Gasteiger charge is -2.25. The lowest BCUT2D eigenvalue weighted by molar-refractivity contribution is -0.125. The van der Waals surface area contributed by atoms with Gasteiger partial charge in [-0.05, 0) is 30.2 Å². The van der Waals surface area contributed by atoms with Crippen LogP contribution >= 0.6 is 11.8 Å². The summed E-state index contributed by atoms with van der Waals surface area (Å²) >= 11 is 1.39. The molecule has 1 amide bonds. The van der Waals surface area contributed by atoms with Gasteiger partial charge in [0.2, 0.25) is 0 Å². The third-order valence-corrected chi connectivity index (χ3v) is 6.08. The Hall–Kier alpha value is -3.26. The quantitative estimate of drug-likeness (QED) is 0.655. The highest BCUT2D eigenvalue weighted by atomic mass is 32.2. The molecular formula is C22H19N5O2S. The molecular weight excluding hydrogens is 398 g/mol. The molecule has 2 aliphatic rings. The zero-order chi connectivity index (χ0) is 20.8. The monoisotopic (exact) mass is 417 g/mol. The van der Waals surface area contributed by atoms with Crippen molar-refractivity contribution in [3.63, 3.8) is 0 Å². The Morgan fingerprint density at radius 1 is 1.10 bits per heavy atom. The van der Waals surface area contributed by atoms with Crippen LogP contribution in [0.4, 0.5) is 5.69 Å². The van der Waals surface area contributed by atoms with Crippen LogP contribution in [0.25, 0.3) is 5.65 Å². The van der Waals surface area contributed by atoms with Gasteiger partial charge in [-0.25, -0.2) is 14.9 Å². The van der Waals surface area contributed by atoms with Gasteiger partial charge >= 0.3 is 0 Å². The Morgan fingerprint density at radius 2 is 1.90 bits per heavy atom. The Kier molecular flexibility index (Phi) is 4.51. The predicted octanol–water partition coefficient (Wildman–Crippen LogP) is 3.24. The molecule has 5 rings (SSSR count). The molecule has 0 aliphatic carbocycles. The molecule has 8 heteroatoms. The maximum Gasteiger partial charge on any atom is 0.259 e. The van der Waals surface area contributed by atoms with E-state index in [0.717, 1.165) is 11.3 Å². The number of benzene rings is 1. The Bertz CT molecular complexity index is 1290. The van der Waals surface area contributed by atoms with E-state index < -0.39 is 6.04 Å². The number of rotatable bonds is 3. The molecule has 0 radical (unpaired) electrons. The molecule has 1 aromatic carbocycles. The van der Waals surface area contributed by atoms with Crippen molar-refractivity contribution in [2.45, 2.75) is 25.6 Å². The average molecular weight is 417 g/mol. The zero-order valence-electron chi connectivity index (χ0n) is 16.5. The molecule has 4 heterocycles. The summed E-state index contributed by atoms with van der Waals surface area (Å²) in [4.78, 5) is 41.1. The fourth-order valence-corrected chi connectivity index (χ4v) is 4.51. The van der Waals surface area contributed by atoms with E-state index in [4.69, 9.17) is 9.98 Å². The van der Waals surface area contributed by atoms with Crippen LogP contribution in [0.2, 0.25) is 0 Å². The molecule has 3 aromatic rings. The van der Waals surface area contributed by atoms with E-state index in [1.807, 2.05) is 44.2 Å².